The van der Waals surface area contributed by atoms with E-state index in [0.717, 1.165) is 24.3 Å². The van der Waals surface area contributed by atoms with Gasteiger partial charge in [-0.1, -0.05) is 11.2 Å². The number of rotatable bonds is 5. The van der Waals surface area contributed by atoms with Crippen LogP contribution in [0.25, 0.3) is 0 Å². The summed E-state index contributed by atoms with van der Waals surface area (Å²) in [6, 6.07) is 4.09. The molecule has 112 valence electrons. The van der Waals surface area contributed by atoms with Crippen molar-refractivity contribution in [3.05, 3.63) is 34.1 Å². The van der Waals surface area contributed by atoms with Crippen LogP contribution >= 0.6 is 11.3 Å². The molecular formula is C14H18N4O2S. The molecule has 0 aliphatic carbocycles. The van der Waals surface area contributed by atoms with Crippen molar-refractivity contribution in [3.63, 3.8) is 0 Å². The van der Waals surface area contributed by atoms with Gasteiger partial charge in [-0.15, -0.1) is 11.3 Å². The summed E-state index contributed by atoms with van der Waals surface area (Å²) in [5.74, 6) is 0.485. The SMILES string of the molecule is CCN(Cc1cccs1)C(=O)c1noc(C2CCCN2)n1. The van der Waals surface area contributed by atoms with Crippen LogP contribution in [0.1, 0.15) is 47.2 Å². The molecule has 3 rings (SSSR count). The van der Waals surface area contributed by atoms with Crippen LogP contribution < -0.4 is 5.32 Å². The van der Waals surface area contributed by atoms with Crippen molar-refractivity contribution in [1.29, 1.82) is 0 Å². The lowest BCUT2D eigenvalue weighted by Crippen LogP contribution is -2.30. The minimum Gasteiger partial charge on any atom is -0.337 e. The van der Waals surface area contributed by atoms with Crippen LogP contribution in [0, 0.1) is 0 Å². The Morgan fingerprint density at radius 2 is 2.52 bits per heavy atom. The van der Waals surface area contributed by atoms with E-state index in [9.17, 15) is 4.79 Å². The first-order chi connectivity index (χ1) is 10.3. The maximum atomic E-state index is 12.5. The van der Waals surface area contributed by atoms with Crippen LogP contribution in [0.15, 0.2) is 22.0 Å². The molecular weight excluding hydrogens is 288 g/mol. The molecule has 2 aromatic rings. The molecule has 1 fully saturated rings. The molecule has 0 spiro atoms. The minimum atomic E-state index is -0.182. The first kappa shape index (κ1) is 14.2. The molecule has 1 unspecified atom stereocenters. The van der Waals surface area contributed by atoms with Gasteiger partial charge in [-0.2, -0.15) is 4.98 Å². The summed E-state index contributed by atoms with van der Waals surface area (Å²) in [6.45, 7) is 4.10. The largest absolute Gasteiger partial charge is 0.337 e. The summed E-state index contributed by atoms with van der Waals surface area (Å²) in [6.07, 6.45) is 2.07. The van der Waals surface area contributed by atoms with Gasteiger partial charge in [-0.3, -0.25) is 4.79 Å². The molecule has 1 amide bonds. The fraction of sp³-hybridized carbons (Fsp3) is 0.500. The average Bonchev–Trinajstić information content (AvgIpc) is 3.25. The van der Waals surface area contributed by atoms with Crippen molar-refractivity contribution >= 4 is 17.2 Å². The Bertz CT molecular complexity index is 590. The number of carbonyl (C=O) groups is 1. The van der Waals surface area contributed by atoms with Crippen LogP contribution in [0.2, 0.25) is 0 Å². The van der Waals surface area contributed by atoms with Crippen molar-refractivity contribution in [1.82, 2.24) is 20.4 Å². The van der Waals surface area contributed by atoms with Crippen LogP contribution in [0.3, 0.4) is 0 Å². The van der Waals surface area contributed by atoms with Crippen molar-refractivity contribution in [3.8, 4) is 0 Å². The standard InChI is InChI=1S/C14H18N4O2S/c1-2-18(9-10-5-4-8-21-10)14(19)12-16-13(20-17-12)11-6-3-7-15-11/h4-5,8,11,15H,2-3,6-7,9H2,1H3. The van der Waals surface area contributed by atoms with Crippen LogP contribution in [0.5, 0.6) is 0 Å². The Labute approximate surface area is 127 Å². The van der Waals surface area contributed by atoms with E-state index in [4.69, 9.17) is 4.52 Å². The Balaban J connectivity index is 1.70. The van der Waals surface area contributed by atoms with E-state index >= 15 is 0 Å². The normalized spacial score (nSPS) is 18.0. The third kappa shape index (κ3) is 3.14. The van der Waals surface area contributed by atoms with Gasteiger partial charge in [0.25, 0.3) is 11.7 Å². The molecule has 1 saturated heterocycles. The Kier molecular flexibility index (Phi) is 4.31. The maximum absolute atomic E-state index is 12.5. The molecule has 2 aromatic heterocycles. The van der Waals surface area contributed by atoms with Gasteiger partial charge in [-0.05, 0) is 37.8 Å². The summed E-state index contributed by atoms with van der Waals surface area (Å²) in [4.78, 5) is 19.6. The van der Waals surface area contributed by atoms with E-state index in [2.05, 4.69) is 15.5 Å². The van der Waals surface area contributed by atoms with Gasteiger partial charge >= 0.3 is 0 Å². The van der Waals surface area contributed by atoms with Gasteiger partial charge in [-0.25, -0.2) is 0 Å². The van der Waals surface area contributed by atoms with Gasteiger partial charge in [0.15, 0.2) is 0 Å². The number of hydrogen-bond donors (Lipinski definition) is 1. The lowest BCUT2D eigenvalue weighted by atomic mass is 10.2. The molecule has 1 aliphatic rings. The van der Waals surface area contributed by atoms with Crippen molar-refractivity contribution in [2.24, 2.45) is 0 Å². The number of carbonyl (C=O) groups excluding carboxylic acids is 1. The lowest BCUT2D eigenvalue weighted by molar-refractivity contribution is 0.0738. The summed E-state index contributed by atoms with van der Waals surface area (Å²) >= 11 is 1.64. The summed E-state index contributed by atoms with van der Waals surface area (Å²) in [5, 5.41) is 9.14. The molecule has 6 nitrogen and oxygen atoms in total. The van der Waals surface area contributed by atoms with E-state index in [1.807, 2.05) is 24.4 Å². The number of hydrogen-bond acceptors (Lipinski definition) is 6. The second-order valence-corrected chi connectivity index (χ2v) is 6.04. The lowest BCUT2D eigenvalue weighted by Gasteiger charge is -2.17. The second kappa shape index (κ2) is 6.36. The van der Waals surface area contributed by atoms with Crippen molar-refractivity contribution in [2.45, 2.75) is 32.4 Å². The zero-order chi connectivity index (χ0) is 14.7. The topological polar surface area (TPSA) is 71.3 Å². The van der Waals surface area contributed by atoms with Gasteiger partial charge in [0.1, 0.15) is 0 Å². The molecule has 0 saturated carbocycles. The van der Waals surface area contributed by atoms with Crippen molar-refractivity contribution in [2.75, 3.05) is 13.1 Å². The highest BCUT2D eigenvalue weighted by Crippen LogP contribution is 2.21. The Morgan fingerprint density at radius 3 is 3.19 bits per heavy atom. The quantitative estimate of drug-likeness (QED) is 0.917. The van der Waals surface area contributed by atoms with E-state index in [-0.39, 0.29) is 17.8 Å². The first-order valence-corrected chi connectivity index (χ1v) is 8.04. The van der Waals surface area contributed by atoms with Gasteiger partial charge in [0, 0.05) is 11.4 Å². The first-order valence-electron chi connectivity index (χ1n) is 7.16. The molecule has 1 atom stereocenters. The minimum absolute atomic E-state index is 0.0893. The highest BCUT2D eigenvalue weighted by atomic mass is 32.1. The molecule has 1 N–H and O–H groups in total. The fourth-order valence-electron chi connectivity index (χ4n) is 2.42. The molecule has 7 heteroatoms. The van der Waals surface area contributed by atoms with Gasteiger partial charge in [0.2, 0.25) is 5.89 Å². The summed E-state index contributed by atoms with van der Waals surface area (Å²) in [5.41, 5.74) is 0. The van der Waals surface area contributed by atoms with Crippen LogP contribution in [0.4, 0.5) is 0 Å². The third-order valence-corrected chi connectivity index (χ3v) is 4.45. The predicted octanol–water partition coefficient (Wildman–Crippen LogP) is 2.22. The van der Waals surface area contributed by atoms with E-state index < -0.39 is 0 Å². The van der Waals surface area contributed by atoms with Crippen molar-refractivity contribution < 1.29 is 9.32 Å². The fourth-order valence-corrected chi connectivity index (χ4v) is 3.14. The number of amides is 1. The highest BCUT2D eigenvalue weighted by Gasteiger charge is 2.26. The predicted molar refractivity (Wildman–Crippen MR) is 79.0 cm³/mol. The zero-order valence-corrected chi connectivity index (χ0v) is 12.7. The number of nitrogens with one attached hydrogen (secondary N) is 1. The molecule has 1 aliphatic heterocycles. The van der Waals surface area contributed by atoms with Crippen LogP contribution in [-0.2, 0) is 6.54 Å². The van der Waals surface area contributed by atoms with E-state index in [1.54, 1.807) is 16.2 Å². The third-order valence-electron chi connectivity index (χ3n) is 3.59. The van der Waals surface area contributed by atoms with E-state index in [0.29, 0.717) is 19.0 Å². The Hall–Kier alpha value is -1.73. The zero-order valence-electron chi connectivity index (χ0n) is 11.9. The molecule has 3 heterocycles. The summed E-state index contributed by atoms with van der Waals surface area (Å²) in [7, 11) is 0. The molecule has 21 heavy (non-hydrogen) atoms. The number of aromatic nitrogens is 2. The van der Waals surface area contributed by atoms with Gasteiger partial charge < -0.3 is 14.7 Å². The second-order valence-electron chi connectivity index (χ2n) is 5.00. The smallest absolute Gasteiger partial charge is 0.295 e. The number of thiophene rings is 1. The molecule has 0 radical (unpaired) electrons. The highest BCUT2D eigenvalue weighted by molar-refractivity contribution is 7.09. The summed E-state index contributed by atoms with van der Waals surface area (Å²) < 4.78 is 5.23. The molecule has 0 bridgehead atoms. The average molecular weight is 306 g/mol. The van der Waals surface area contributed by atoms with Gasteiger partial charge in [0.05, 0.1) is 12.6 Å². The maximum Gasteiger partial charge on any atom is 0.295 e. The monoisotopic (exact) mass is 306 g/mol. The van der Waals surface area contributed by atoms with Crippen LogP contribution in [-0.4, -0.2) is 34.0 Å². The Morgan fingerprint density at radius 1 is 1.62 bits per heavy atom. The number of nitrogens with zero attached hydrogens (tertiary/aromatic N) is 3. The molecule has 0 aromatic carbocycles. The van der Waals surface area contributed by atoms with E-state index in [1.165, 1.54) is 0 Å².